The van der Waals surface area contributed by atoms with Crippen molar-refractivity contribution in [3.8, 4) is 0 Å². The quantitative estimate of drug-likeness (QED) is 0.315. The van der Waals surface area contributed by atoms with E-state index in [0.29, 0.717) is 33.4 Å². The van der Waals surface area contributed by atoms with E-state index >= 15 is 0 Å². The van der Waals surface area contributed by atoms with E-state index in [1.54, 1.807) is 18.2 Å². The van der Waals surface area contributed by atoms with Crippen molar-refractivity contribution in [2.75, 3.05) is 15.5 Å². The van der Waals surface area contributed by atoms with Gasteiger partial charge < -0.3 is 15.1 Å². The molecule has 0 aliphatic carbocycles. The van der Waals surface area contributed by atoms with Crippen LogP contribution in [0.4, 0.5) is 22.9 Å². The van der Waals surface area contributed by atoms with Crippen molar-refractivity contribution in [1.82, 2.24) is 10.2 Å². The number of hydrogen-bond donors (Lipinski definition) is 3. The lowest BCUT2D eigenvalue weighted by atomic mass is 9.85. The second-order valence-corrected chi connectivity index (χ2v) is 10.6. The summed E-state index contributed by atoms with van der Waals surface area (Å²) in [6.45, 7) is 9.96. The van der Waals surface area contributed by atoms with Gasteiger partial charge in [-0.15, -0.1) is 0 Å². The van der Waals surface area contributed by atoms with Gasteiger partial charge in [0.05, 0.1) is 29.5 Å². The van der Waals surface area contributed by atoms with Crippen LogP contribution in [0, 0.1) is 19.3 Å². The molecule has 0 fully saturated rings. The summed E-state index contributed by atoms with van der Waals surface area (Å²) in [5.74, 6) is 1.67. The molecule has 2 aromatic carbocycles. The molecule has 0 saturated heterocycles. The molecule has 0 radical (unpaired) electrons. The number of aromatic amines is 1. The lowest BCUT2D eigenvalue weighted by molar-refractivity contribution is 0.0996. The molecule has 5 rings (SSSR count). The van der Waals surface area contributed by atoms with Crippen LogP contribution in [0.25, 0.3) is 0 Å². The zero-order valence-electron chi connectivity index (χ0n) is 20.6. The molecule has 3 N–H and O–H groups in total. The Hall–Kier alpha value is -3.85. The molecule has 0 spiro atoms. The number of amides is 1. The van der Waals surface area contributed by atoms with Gasteiger partial charge >= 0.3 is 0 Å². The molecule has 1 aliphatic heterocycles. The minimum absolute atomic E-state index is 0.102. The third-order valence-corrected chi connectivity index (χ3v) is 6.74. The third kappa shape index (κ3) is 3.89. The van der Waals surface area contributed by atoms with Crippen LogP contribution in [0.2, 0.25) is 5.02 Å². The Kier molecular flexibility index (Phi) is 5.55. The van der Waals surface area contributed by atoms with Gasteiger partial charge in [-0.1, -0.05) is 32.4 Å². The number of rotatable bonds is 6. The normalized spacial score (nSPS) is 14.4. The zero-order valence-corrected chi connectivity index (χ0v) is 21.3. The smallest absolute Gasteiger partial charge is 0.262 e. The van der Waals surface area contributed by atoms with E-state index in [0.717, 1.165) is 11.5 Å². The Morgan fingerprint density at radius 2 is 1.81 bits per heavy atom. The molecule has 1 amide bonds. The summed E-state index contributed by atoms with van der Waals surface area (Å²) in [6.07, 6.45) is 0. The first-order valence-corrected chi connectivity index (χ1v) is 11.9. The molecule has 36 heavy (non-hydrogen) atoms. The number of halogens is 1. The first-order chi connectivity index (χ1) is 17.0. The average molecular weight is 508 g/mol. The summed E-state index contributed by atoms with van der Waals surface area (Å²) in [4.78, 5) is 40.1. The molecular weight excluding hydrogens is 482 g/mol. The number of hydrogen-bond acceptors (Lipinski definition) is 7. The summed E-state index contributed by atoms with van der Waals surface area (Å²) in [5.41, 5.74) is 0.773. The maximum Gasteiger partial charge on any atom is 0.262 e. The maximum atomic E-state index is 13.4. The number of carbonyl (C=O) groups excluding carboxylic acids is 1. The van der Waals surface area contributed by atoms with Crippen LogP contribution in [-0.4, -0.2) is 16.1 Å². The number of aryl methyl sites for hydroxylation is 2. The highest BCUT2D eigenvalue weighted by atomic mass is 35.5. The highest BCUT2D eigenvalue weighted by Crippen LogP contribution is 2.40. The lowest BCUT2D eigenvalue weighted by Gasteiger charge is -2.31. The fraction of sp³-hybridized carbons (Fsp3) is 0.308. The molecule has 0 bridgehead atoms. The standard InChI is InChI=1S/C26H26ClN5O4/c1-12-10-18(31-30-12)32-11-14-15(27)7-8-16(19(14)25(32)35)28-20-21(23(34)22(20)33)29-24(26(3,4)5)17-9-6-13(2)36-17/h6-10,24,28-29H,11H2,1-5H3,(H,30,31). The number of anilines is 4. The molecule has 10 heteroatoms. The van der Waals surface area contributed by atoms with Crippen LogP contribution in [0.15, 0.2) is 44.3 Å². The number of H-pyrrole nitrogens is 1. The fourth-order valence-corrected chi connectivity index (χ4v) is 4.70. The van der Waals surface area contributed by atoms with Gasteiger partial charge in [0.2, 0.25) is 0 Å². The Morgan fingerprint density at radius 1 is 1.08 bits per heavy atom. The molecule has 1 atom stereocenters. The number of aromatic nitrogens is 2. The van der Waals surface area contributed by atoms with Gasteiger partial charge in [0.25, 0.3) is 16.8 Å². The largest absolute Gasteiger partial charge is 0.464 e. The van der Waals surface area contributed by atoms with Gasteiger partial charge in [0, 0.05) is 16.7 Å². The van der Waals surface area contributed by atoms with Crippen LogP contribution in [0.1, 0.15) is 59.9 Å². The Labute approximate surface area is 212 Å². The second kappa shape index (κ2) is 8.37. The number of carbonyl (C=O) groups is 1. The van der Waals surface area contributed by atoms with Gasteiger partial charge in [-0.2, -0.15) is 5.10 Å². The summed E-state index contributed by atoms with van der Waals surface area (Å²) in [5, 5.41) is 13.7. The van der Waals surface area contributed by atoms with Gasteiger partial charge in [0.15, 0.2) is 0 Å². The van der Waals surface area contributed by atoms with Crippen molar-refractivity contribution in [3.05, 3.63) is 84.1 Å². The van der Waals surface area contributed by atoms with Crippen LogP contribution >= 0.6 is 11.6 Å². The third-order valence-electron chi connectivity index (χ3n) is 6.38. The van der Waals surface area contributed by atoms with Gasteiger partial charge in [0.1, 0.15) is 28.7 Å². The molecule has 186 valence electrons. The number of fused-ring (bicyclic) bond motifs is 1. The van der Waals surface area contributed by atoms with Gasteiger partial charge in [-0.25, -0.2) is 0 Å². The highest BCUT2D eigenvalue weighted by Gasteiger charge is 2.36. The monoisotopic (exact) mass is 507 g/mol. The van der Waals surface area contributed by atoms with Crippen molar-refractivity contribution in [2.45, 2.75) is 47.2 Å². The molecule has 0 saturated carbocycles. The number of benzene rings is 1. The van der Waals surface area contributed by atoms with Crippen molar-refractivity contribution in [1.29, 1.82) is 0 Å². The Balaban J connectivity index is 1.49. The van der Waals surface area contributed by atoms with E-state index in [4.69, 9.17) is 16.0 Å². The summed E-state index contributed by atoms with van der Waals surface area (Å²) in [7, 11) is 0. The Morgan fingerprint density at radius 3 is 2.42 bits per heavy atom. The average Bonchev–Trinajstić information content (AvgIpc) is 3.52. The van der Waals surface area contributed by atoms with E-state index in [1.165, 1.54) is 4.90 Å². The number of nitrogens with one attached hydrogen (secondary N) is 3. The molecule has 4 aromatic rings. The van der Waals surface area contributed by atoms with Crippen molar-refractivity contribution in [2.24, 2.45) is 5.41 Å². The van der Waals surface area contributed by atoms with Crippen molar-refractivity contribution < 1.29 is 9.21 Å². The van der Waals surface area contributed by atoms with E-state index in [-0.39, 0.29) is 35.3 Å². The zero-order chi connectivity index (χ0) is 25.9. The van der Waals surface area contributed by atoms with Crippen molar-refractivity contribution >= 4 is 40.4 Å². The molecule has 3 heterocycles. The van der Waals surface area contributed by atoms with Crippen LogP contribution in [-0.2, 0) is 6.54 Å². The predicted octanol–water partition coefficient (Wildman–Crippen LogP) is 4.97. The van der Waals surface area contributed by atoms with Gasteiger partial charge in [-0.05, 0) is 43.5 Å². The van der Waals surface area contributed by atoms with Gasteiger partial charge in [-0.3, -0.25) is 24.4 Å². The molecule has 1 unspecified atom stereocenters. The SMILES string of the molecule is Cc1cc(N2Cc3c(Cl)ccc(Nc4c(NC(c5ccc(C)o5)C(C)(C)C)c(=O)c4=O)c3C2=O)[nH]n1. The summed E-state index contributed by atoms with van der Waals surface area (Å²) in [6, 6.07) is 8.41. The molecule has 1 aliphatic rings. The predicted molar refractivity (Wildman–Crippen MR) is 139 cm³/mol. The minimum atomic E-state index is -0.657. The number of furan rings is 1. The van der Waals surface area contributed by atoms with Crippen LogP contribution < -0.4 is 26.4 Å². The second-order valence-electron chi connectivity index (χ2n) is 10.2. The number of nitrogens with zero attached hydrogens (tertiary/aromatic N) is 2. The lowest BCUT2D eigenvalue weighted by Crippen LogP contribution is -2.39. The fourth-order valence-electron chi connectivity index (χ4n) is 4.48. The van der Waals surface area contributed by atoms with Crippen molar-refractivity contribution in [3.63, 3.8) is 0 Å². The van der Waals surface area contributed by atoms with E-state index < -0.39 is 10.9 Å². The molecule has 9 nitrogen and oxygen atoms in total. The summed E-state index contributed by atoms with van der Waals surface area (Å²) >= 11 is 6.43. The summed E-state index contributed by atoms with van der Waals surface area (Å²) < 4.78 is 5.83. The van der Waals surface area contributed by atoms with Crippen LogP contribution in [0.3, 0.4) is 0 Å². The van der Waals surface area contributed by atoms with Crippen LogP contribution in [0.5, 0.6) is 0 Å². The first-order valence-electron chi connectivity index (χ1n) is 11.5. The molecule has 2 aromatic heterocycles. The minimum Gasteiger partial charge on any atom is -0.464 e. The topological polar surface area (TPSA) is 120 Å². The van der Waals surface area contributed by atoms with E-state index in [2.05, 4.69) is 20.8 Å². The highest BCUT2D eigenvalue weighted by molar-refractivity contribution is 6.33. The first kappa shape index (κ1) is 23.9. The Bertz CT molecular complexity index is 1570. The van der Waals surface area contributed by atoms with E-state index in [1.807, 2.05) is 46.8 Å². The van der Waals surface area contributed by atoms with E-state index in [9.17, 15) is 14.4 Å². The maximum absolute atomic E-state index is 13.4. The molecular formula is C26H26ClN5O4.